The monoisotopic (exact) mass is 278 g/mol. The molecule has 0 heterocycles. The number of nitrogens with zero attached hydrogens (tertiary/aromatic N) is 1. The molecule has 1 aromatic carbocycles. The summed E-state index contributed by atoms with van der Waals surface area (Å²) in [6.45, 7) is 4.54. The summed E-state index contributed by atoms with van der Waals surface area (Å²) in [4.78, 5) is 24.1. The van der Waals surface area contributed by atoms with Crippen LogP contribution in [0.1, 0.15) is 24.5 Å². The molecule has 1 atom stereocenters. The van der Waals surface area contributed by atoms with Gasteiger partial charge in [0.1, 0.15) is 0 Å². The van der Waals surface area contributed by atoms with Crippen LogP contribution in [-0.2, 0) is 11.3 Å². The SMILES string of the molecule is Cc1cccc(CN(C)C(=O)NCCC(C)C(=O)O)c1. The van der Waals surface area contributed by atoms with Gasteiger partial charge < -0.3 is 15.3 Å². The van der Waals surface area contributed by atoms with Crippen molar-refractivity contribution in [3.8, 4) is 0 Å². The summed E-state index contributed by atoms with van der Waals surface area (Å²) in [5.41, 5.74) is 2.23. The van der Waals surface area contributed by atoms with Crippen LogP contribution < -0.4 is 5.32 Å². The molecule has 1 aromatic rings. The van der Waals surface area contributed by atoms with Crippen molar-refractivity contribution >= 4 is 12.0 Å². The molecule has 0 fully saturated rings. The van der Waals surface area contributed by atoms with Gasteiger partial charge in [-0.2, -0.15) is 0 Å². The zero-order chi connectivity index (χ0) is 15.1. The summed E-state index contributed by atoms with van der Waals surface area (Å²) >= 11 is 0. The van der Waals surface area contributed by atoms with Crippen molar-refractivity contribution in [3.05, 3.63) is 35.4 Å². The number of carboxylic acids is 1. The van der Waals surface area contributed by atoms with Gasteiger partial charge in [0.15, 0.2) is 0 Å². The zero-order valence-electron chi connectivity index (χ0n) is 12.2. The number of nitrogens with one attached hydrogen (secondary N) is 1. The Hall–Kier alpha value is -2.04. The molecule has 20 heavy (non-hydrogen) atoms. The Morgan fingerprint density at radius 1 is 1.40 bits per heavy atom. The van der Waals surface area contributed by atoms with Crippen molar-refractivity contribution in [2.24, 2.45) is 5.92 Å². The average Bonchev–Trinajstić information content (AvgIpc) is 2.38. The third-order valence-electron chi connectivity index (χ3n) is 3.12. The van der Waals surface area contributed by atoms with Gasteiger partial charge in [-0.05, 0) is 18.9 Å². The number of rotatable bonds is 6. The Kier molecular flexibility index (Phi) is 6.03. The van der Waals surface area contributed by atoms with Gasteiger partial charge in [0.05, 0.1) is 5.92 Å². The third kappa shape index (κ3) is 5.30. The van der Waals surface area contributed by atoms with E-state index >= 15 is 0 Å². The second-order valence-electron chi connectivity index (χ2n) is 5.11. The molecular formula is C15H22N2O3. The van der Waals surface area contributed by atoms with E-state index in [4.69, 9.17) is 5.11 Å². The lowest BCUT2D eigenvalue weighted by atomic mass is 10.1. The van der Waals surface area contributed by atoms with Crippen LogP contribution in [0.5, 0.6) is 0 Å². The van der Waals surface area contributed by atoms with Gasteiger partial charge in [-0.1, -0.05) is 36.8 Å². The highest BCUT2D eigenvalue weighted by atomic mass is 16.4. The molecule has 0 aromatic heterocycles. The van der Waals surface area contributed by atoms with Gasteiger partial charge in [0.25, 0.3) is 0 Å². The lowest BCUT2D eigenvalue weighted by Gasteiger charge is -2.18. The second-order valence-corrected chi connectivity index (χ2v) is 5.11. The highest BCUT2D eigenvalue weighted by Gasteiger charge is 2.12. The summed E-state index contributed by atoms with van der Waals surface area (Å²) in [7, 11) is 1.72. The number of aliphatic carboxylic acids is 1. The van der Waals surface area contributed by atoms with Gasteiger partial charge in [0.2, 0.25) is 0 Å². The van der Waals surface area contributed by atoms with Crippen LogP contribution in [0.15, 0.2) is 24.3 Å². The minimum atomic E-state index is -0.840. The summed E-state index contributed by atoms with van der Waals surface area (Å²) in [5, 5.41) is 11.5. The molecular weight excluding hydrogens is 256 g/mol. The fraction of sp³-hybridized carbons (Fsp3) is 0.467. The molecule has 0 radical (unpaired) electrons. The molecule has 0 bridgehead atoms. The van der Waals surface area contributed by atoms with Gasteiger partial charge in [-0.3, -0.25) is 4.79 Å². The molecule has 0 aliphatic heterocycles. The normalized spacial score (nSPS) is 11.8. The predicted octanol–water partition coefficient (Wildman–Crippen LogP) is 2.25. The van der Waals surface area contributed by atoms with E-state index in [-0.39, 0.29) is 6.03 Å². The number of carbonyl (C=O) groups excluding carboxylic acids is 1. The topological polar surface area (TPSA) is 69.6 Å². The number of hydrogen-bond donors (Lipinski definition) is 2. The zero-order valence-corrected chi connectivity index (χ0v) is 12.2. The molecule has 0 aliphatic rings. The molecule has 110 valence electrons. The second kappa shape index (κ2) is 7.53. The van der Waals surface area contributed by atoms with Gasteiger partial charge in [-0.15, -0.1) is 0 Å². The summed E-state index contributed by atoms with van der Waals surface area (Å²) in [6.07, 6.45) is 0.430. The fourth-order valence-electron chi connectivity index (χ4n) is 1.81. The average molecular weight is 278 g/mol. The first kappa shape index (κ1) is 16.0. The summed E-state index contributed by atoms with van der Waals surface area (Å²) in [5.74, 6) is -1.29. The van der Waals surface area contributed by atoms with Crippen LogP contribution in [0.25, 0.3) is 0 Å². The van der Waals surface area contributed by atoms with Gasteiger partial charge in [-0.25, -0.2) is 4.79 Å². The first-order chi connectivity index (χ1) is 9.40. The van der Waals surface area contributed by atoms with Crippen LogP contribution in [0, 0.1) is 12.8 Å². The predicted molar refractivity (Wildman–Crippen MR) is 77.5 cm³/mol. The first-order valence-corrected chi connectivity index (χ1v) is 6.67. The molecule has 0 saturated heterocycles. The molecule has 2 N–H and O–H groups in total. The maximum absolute atomic E-state index is 11.9. The number of benzene rings is 1. The van der Waals surface area contributed by atoms with E-state index in [1.165, 1.54) is 0 Å². The smallest absolute Gasteiger partial charge is 0.317 e. The molecule has 5 heteroatoms. The van der Waals surface area contributed by atoms with Crippen LogP contribution in [0.2, 0.25) is 0 Å². The van der Waals surface area contributed by atoms with Crippen LogP contribution in [-0.4, -0.2) is 35.6 Å². The first-order valence-electron chi connectivity index (χ1n) is 6.67. The van der Waals surface area contributed by atoms with E-state index in [1.54, 1.807) is 18.9 Å². The van der Waals surface area contributed by atoms with E-state index in [9.17, 15) is 9.59 Å². The molecule has 1 rings (SSSR count). The van der Waals surface area contributed by atoms with Gasteiger partial charge >= 0.3 is 12.0 Å². The van der Waals surface area contributed by atoms with E-state index in [2.05, 4.69) is 5.32 Å². The number of carbonyl (C=O) groups is 2. The summed E-state index contributed by atoms with van der Waals surface area (Å²) < 4.78 is 0. The maximum atomic E-state index is 11.9. The van der Waals surface area contributed by atoms with E-state index in [1.807, 2.05) is 31.2 Å². The maximum Gasteiger partial charge on any atom is 0.317 e. The third-order valence-corrected chi connectivity index (χ3v) is 3.12. The standard InChI is InChI=1S/C15H22N2O3/c1-11-5-4-6-13(9-11)10-17(3)15(20)16-8-7-12(2)14(18)19/h4-6,9,12H,7-8,10H2,1-3H3,(H,16,20)(H,18,19). The van der Waals surface area contributed by atoms with Crippen LogP contribution >= 0.6 is 0 Å². The molecule has 0 aliphatic carbocycles. The van der Waals surface area contributed by atoms with Crippen molar-refractivity contribution in [3.63, 3.8) is 0 Å². The highest BCUT2D eigenvalue weighted by Crippen LogP contribution is 2.07. The van der Waals surface area contributed by atoms with Crippen molar-refractivity contribution in [1.82, 2.24) is 10.2 Å². The summed E-state index contributed by atoms with van der Waals surface area (Å²) in [6, 6.07) is 7.80. The largest absolute Gasteiger partial charge is 0.481 e. The lowest BCUT2D eigenvalue weighted by Crippen LogP contribution is -2.38. The Balaban J connectivity index is 2.38. The Labute approximate surface area is 119 Å². The number of carboxylic acid groups (broad SMARTS) is 1. The van der Waals surface area contributed by atoms with Crippen molar-refractivity contribution in [2.45, 2.75) is 26.8 Å². The Morgan fingerprint density at radius 2 is 2.10 bits per heavy atom. The highest BCUT2D eigenvalue weighted by molar-refractivity contribution is 5.74. The molecule has 5 nitrogen and oxygen atoms in total. The van der Waals surface area contributed by atoms with E-state index in [0.29, 0.717) is 19.5 Å². The van der Waals surface area contributed by atoms with Crippen molar-refractivity contribution in [2.75, 3.05) is 13.6 Å². The van der Waals surface area contributed by atoms with Crippen molar-refractivity contribution in [1.29, 1.82) is 0 Å². The van der Waals surface area contributed by atoms with Crippen LogP contribution in [0.3, 0.4) is 0 Å². The Bertz CT molecular complexity index is 474. The number of hydrogen-bond acceptors (Lipinski definition) is 2. The minimum Gasteiger partial charge on any atom is -0.481 e. The Morgan fingerprint density at radius 3 is 2.70 bits per heavy atom. The van der Waals surface area contributed by atoms with E-state index in [0.717, 1.165) is 11.1 Å². The van der Waals surface area contributed by atoms with Crippen molar-refractivity contribution < 1.29 is 14.7 Å². The number of aryl methyl sites for hydroxylation is 1. The molecule has 2 amide bonds. The van der Waals surface area contributed by atoms with E-state index < -0.39 is 11.9 Å². The number of amides is 2. The van der Waals surface area contributed by atoms with Gasteiger partial charge in [0, 0.05) is 20.1 Å². The van der Waals surface area contributed by atoms with Crippen LogP contribution in [0.4, 0.5) is 4.79 Å². The quantitative estimate of drug-likeness (QED) is 0.838. The molecule has 0 saturated carbocycles. The minimum absolute atomic E-state index is 0.191. The molecule has 0 spiro atoms. The lowest BCUT2D eigenvalue weighted by molar-refractivity contribution is -0.141. The molecule has 1 unspecified atom stereocenters. The number of urea groups is 1. The fourth-order valence-corrected chi connectivity index (χ4v) is 1.81.